The number of rotatable bonds is 4. The predicted molar refractivity (Wildman–Crippen MR) is 98.3 cm³/mol. The van der Waals surface area contributed by atoms with Crippen molar-refractivity contribution in [2.24, 2.45) is 5.92 Å². The van der Waals surface area contributed by atoms with E-state index in [1.807, 2.05) is 24.3 Å². The Bertz CT molecular complexity index is 830. The number of benzene rings is 1. The van der Waals surface area contributed by atoms with Gasteiger partial charge < -0.3 is 9.64 Å². The molecule has 1 aliphatic heterocycles. The maximum Gasteiger partial charge on any atom is 0.394 e. The van der Waals surface area contributed by atoms with Crippen LogP contribution in [0.5, 0.6) is 5.75 Å². The molecular weight excluding hydrogens is 373 g/mol. The van der Waals surface area contributed by atoms with Crippen molar-refractivity contribution in [3.63, 3.8) is 0 Å². The molecular formula is C19H23F3N4O2. The fraction of sp³-hybridized carbons (Fsp3) is 0.474. The van der Waals surface area contributed by atoms with Crippen molar-refractivity contribution in [1.82, 2.24) is 14.7 Å². The van der Waals surface area contributed by atoms with Gasteiger partial charge in [-0.1, -0.05) is 12.1 Å². The molecule has 1 aromatic heterocycles. The Balaban J connectivity index is 1.64. The maximum absolute atomic E-state index is 13.2. The third kappa shape index (κ3) is 4.07. The van der Waals surface area contributed by atoms with Crippen molar-refractivity contribution in [3.05, 3.63) is 42.1 Å². The van der Waals surface area contributed by atoms with Crippen LogP contribution in [0.3, 0.4) is 0 Å². The summed E-state index contributed by atoms with van der Waals surface area (Å²) in [5, 5.41) is 6.88. The summed E-state index contributed by atoms with van der Waals surface area (Å²) < 4.78 is 46.3. The SMILES string of the molecule is COc1ccc(Cn2ccc(NC(=O)N3CC[C@@H](C(F)(F)F)C3(C)C)n2)cc1. The van der Waals surface area contributed by atoms with E-state index in [-0.39, 0.29) is 13.0 Å². The van der Waals surface area contributed by atoms with E-state index >= 15 is 0 Å². The summed E-state index contributed by atoms with van der Waals surface area (Å²) in [6.07, 6.45) is -2.73. The van der Waals surface area contributed by atoms with E-state index in [1.54, 1.807) is 24.1 Å². The molecule has 0 unspecified atom stereocenters. The molecule has 0 aliphatic carbocycles. The number of alkyl halides is 3. The van der Waals surface area contributed by atoms with Gasteiger partial charge in [0.2, 0.25) is 0 Å². The van der Waals surface area contributed by atoms with E-state index in [0.717, 1.165) is 11.3 Å². The number of amides is 2. The topological polar surface area (TPSA) is 59.4 Å². The minimum atomic E-state index is -4.33. The second kappa shape index (κ2) is 7.37. The van der Waals surface area contributed by atoms with E-state index in [0.29, 0.717) is 12.4 Å². The number of nitrogens with one attached hydrogen (secondary N) is 1. The highest BCUT2D eigenvalue weighted by atomic mass is 19.4. The van der Waals surface area contributed by atoms with Gasteiger partial charge in [0.15, 0.2) is 5.82 Å². The van der Waals surface area contributed by atoms with Gasteiger partial charge in [-0.05, 0) is 38.0 Å². The lowest BCUT2D eigenvalue weighted by Crippen LogP contribution is -2.51. The molecule has 1 N–H and O–H groups in total. The monoisotopic (exact) mass is 396 g/mol. The highest BCUT2D eigenvalue weighted by Gasteiger charge is 2.56. The first-order chi connectivity index (χ1) is 13.1. The number of nitrogens with zero attached hydrogens (tertiary/aromatic N) is 3. The molecule has 0 saturated carbocycles. The number of likely N-dealkylation sites (tertiary alicyclic amines) is 1. The summed E-state index contributed by atoms with van der Waals surface area (Å²) >= 11 is 0. The zero-order valence-corrected chi connectivity index (χ0v) is 16.0. The summed E-state index contributed by atoms with van der Waals surface area (Å²) in [6.45, 7) is 3.43. The van der Waals surface area contributed by atoms with Crippen LogP contribution in [-0.2, 0) is 6.54 Å². The van der Waals surface area contributed by atoms with Gasteiger partial charge in [-0.15, -0.1) is 0 Å². The Hall–Kier alpha value is -2.71. The molecule has 0 bridgehead atoms. The molecule has 1 aliphatic rings. The van der Waals surface area contributed by atoms with Gasteiger partial charge in [0.1, 0.15) is 5.75 Å². The molecule has 9 heteroatoms. The number of aromatic nitrogens is 2. The third-order valence-corrected chi connectivity index (χ3v) is 5.21. The summed E-state index contributed by atoms with van der Waals surface area (Å²) in [7, 11) is 1.59. The largest absolute Gasteiger partial charge is 0.497 e. The molecule has 2 aromatic rings. The number of carbonyl (C=O) groups excluding carboxylic acids is 1. The average Bonchev–Trinajstić information content (AvgIpc) is 3.18. The smallest absolute Gasteiger partial charge is 0.394 e. The van der Waals surface area contributed by atoms with E-state index < -0.39 is 23.7 Å². The van der Waals surface area contributed by atoms with Crippen molar-refractivity contribution < 1.29 is 22.7 Å². The minimum absolute atomic E-state index is 0.0512. The maximum atomic E-state index is 13.2. The number of methoxy groups -OCH3 is 1. The first-order valence-corrected chi connectivity index (χ1v) is 8.93. The van der Waals surface area contributed by atoms with E-state index in [2.05, 4.69) is 10.4 Å². The minimum Gasteiger partial charge on any atom is -0.497 e. The standard InChI is InChI=1S/C19H23F3N4O2/c1-18(2)15(19(20,21)22)8-11-26(18)17(27)23-16-9-10-25(24-16)12-13-4-6-14(28-3)7-5-13/h4-7,9-10,15H,8,11-12H2,1-3H3,(H,23,24,27)/t15-/m1/s1. The Morgan fingerprint density at radius 1 is 1.29 bits per heavy atom. The summed E-state index contributed by atoms with van der Waals surface area (Å²) in [5.41, 5.74) is -0.316. The Labute approximate surface area is 161 Å². The van der Waals surface area contributed by atoms with E-state index in [1.165, 1.54) is 18.7 Å². The van der Waals surface area contributed by atoms with Gasteiger partial charge in [0.05, 0.1) is 25.1 Å². The highest BCUT2D eigenvalue weighted by molar-refractivity contribution is 5.89. The molecule has 0 spiro atoms. The van der Waals surface area contributed by atoms with Gasteiger partial charge in [-0.2, -0.15) is 18.3 Å². The summed E-state index contributed by atoms with van der Waals surface area (Å²) in [5.74, 6) is -0.495. The lowest BCUT2D eigenvalue weighted by molar-refractivity contribution is -0.189. The Morgan fingerprint density at radius 3 is 2.54 bits per heavy atom. The number of ether oxygens (including phenoxy) is 1. The van der Waals surface area contributed by atoms with Crippen molar-refractivity contribution in [3.8, 4) is 5.75 Å². The van der Waals surface area contributed by atoms with Gasteiger partial charge in [0.25, 0.3) is 0 Å². The number of halogens is 3. The van der Waals surface area contributed by atoms with Crippen LogP contribution in [0.25, 0.3) is 0 Å². The Morgan fingerprint density at radius 2 is 1.96 bits per heavy atom. The molecule has 1 aromatic carbocycles. The first kappa shape index (κ1) is 20.0. The zero-order chi connectivity index (χ0) is 20.5. The second-order valence-electron chi connectivity index (χ2n) is 7.36. The lowest BCUT2D eigenvalue weighted by atomic mass is 9.88. The van der Waals surface area contributed by atoms with Crippen LogP contribution >= 0.6 is 0 Å². The average molecular weight is 396 g/mol. The van der Waals surface area contributed by atoms with Crippen molar-refractivity contribution in [2.75, 3.05) is 19.0 Å². The molecule has 6 nitrogen and oxygen atoms in total. The van der Waals surface area contributed by atoms with Crippen LogP contribution in [0.2, 0.25) is 0 Å². The molecule has 1 atom stereocenters. The number of carbonyl (C=O) groups is 1. The summed E-state index contributed by atoms with van der Waals surface area (Å²) in [6, 6.07) is 8.53. The quantitative estimate of drug-likeness (QED) is 0.845. The fourth-order valence-electron chi connectivity index (χ4n) is 3.63. The lowest BCUT2D eigenvalue weighted by Gasteiger charge is -2.36. The number of hydrogen-bond acceptors (Lipinski definition) is 3. The first-order valence-electron chi connectivity index (χ1n) is 8.93. The van der Waals surface area contributed by atoms with Crippen molar-refractivity contribution in [1.29, 1.82) is 0 Å². The van der Waals surface area contributed by atoms with Crippen LogP contribution in [0.1, 0.15) is 25.8 Å². The molecule has 28 heavy (non-hydrogen) atoms. The van der Waals surface area contributed by atoms with Gasteiger partial charge >= 0.3 is 12.2 Å². The summed E-state index contributed by atoms with van der Waals surface area (Å²) in [4.78, 5) is 13.8. The van der Waals surface area contributed by atoms with Crippen LogP contribution in [0, 0.1) is 5.92 Å². The second-order valence-corrected chi connectivity index (χ2v) is 7.36. The number of hydrogen-bond donors (Lipinski definition) is 1. The zero-order valence-electron chi connectivity index (χ0n) is 16.0. The molecule has 0 radical (unpaired) electrons. The Kier molecular flexibility index (Phi) is 5.27. The van der Waals surface area contributed by atoms with E-state index in [4.69, 9.17) is 4.74 Å². The molecule has 2 amide bonds. The van der Waals surface area contributed by atoms with Crippen molar-refractivity contribution >= 4 is 11.8 Å². The van der Waals surface area contributed by atoms with Gasteiger partial charge in [0, 0.05) is 18.8 Å². The molecule has 2 heterocycles. The van der Waals surface area contributed by atoms with Crippen LogP contribution < -0.4 is 10.1 Å². The van der Waals surface area contributed by atoms with Crippen LogP contribution in [-0.4, -0.2) is 46.1 Å². The number of urea groups is 1. The fourth-order valence-corrected chi connectivity index (χ4v) is 3.63. The van der Waals surface area contributed by atoms with Crippen molar-refractivity contribution in [2.45, 2.75) is 38.5 Å². The normalized spacial score (nSPS) is 18.9. The van der Waals surface area contributed by atoms with Gasteiger partial charge in [-0.25, -0.2) is 4.79 Å². The molecule has 1 saturated heterocycles. The van der Waals surface area contributed by atoms with E-state index in [9.17, 15) is 18.0 Å². The number of anilines is 1. The van der Waals surface area contributed by atoms with Crippen LogP contribution in [0.15, 0.2) is 36.5 Å². The molecule has 152 valence electrons. The third-order valence-electron chi connectivity index (χ3n) is 5.21. The highest BCUT2D eigenvalue weighted by Crippen LogP contribution is 2.44. The predicted octanol–water partition coefficient (Wildman–Crippen LogP) is 4.13. The van der Waals surface area contributed by atoms with Crippen LogP contribution in [0.4, 0.5) is 23.8 Å². The molecule has 3 rings (SSSR count). The van der Waals surface area contributed by atoms with Gasteiger partial charge in [-0.3, -0.25) is 10.00 Å². The molecule has 1 fully saturated rings.